The van der Waals surface area contributed by atoms with Crippen LogP contribution in [0, 0.1) is 0 Å². The number of hydrogen-bond donors (Lipinski definition) is 0. The van der Waals surface area contributed by atoms with E-state index < -0.39 is 0 Å². The molecule has 0 aliphatic carbocycles. The molecule has 0 radical (unpaired) electrons. The Balaban J connectivity index is 1.76. The van der Waals surface area contributed by atoms with Gasteiger partial charge in [-0.1, -0.05) is 17.3 Å². The minimum Gasteiger partial charge on any atom is -0.497 e. The summed E-state index contributed by atoms with van der Waals surface area (Å²) in [6.45, 7) is 8.58. The van der Waals surface area contributed by atoms with Gasteiger partial charge in [0.15, 0.2) is 0 Å². The number of rotatable bonds is 4. The van der Waals surface area contributed by atoms with Gasteiger partial charge in [0.25, 0.3) is 0 Å². The fourth-order valence-electron chi connectivity index (χ4n) is 2.69. The molecule has 1 aliphatic heterocycles. The lowest BCUT2D eigenvalue weighted by molar-refractivity contribution is -0.0976. The van der Waals surface area contributed by atoms with E-state index >= 15 is 0 Å². The van der Waals surface area contributed by atoms with Gasteiger partial charge in [-0.3, -0.25) is 4.90 Å². The van der Waals surface area contributed by atoms with Crippen LogP contribution in [-0.4, -0.2) is 46.9 Å². The van der Waals surface area contributed by atoms with E-state index in [9.17, 15) is 0 Å². The van der Waals surface area contributed by atoms with Crippen LogP contribution in [0.4, 0.5) is 0 Å². The maximum atomic E-state index is 5.74. The summed E-state index contributed by atoms with van der Waals surface area (Å²) < 4.78 is 16.4. The first-order chi connectivity index (χ1) is 11.0. The Labute approximate surface area is 136 Å². The van der Waals surface area contributed by atoms with Gasteiger partial charge >= 0.3 is 0 Å². The Morgan fingerprint density at radius 2 is 2.22 bits per heavy atom. The van der Waals surface area contributed by atoms with Gasteiger partial charge < -0.3 is 14.0 Å². The highest BCUT2D eigenvalue weighted by atomic mass is 16.5. The molecule has 1 aliphatic rings. The molecule has 1 aromatic heterocycles. The third kappa shape index (κ3) is 3.54. The first-order valence-corrected chi connectivity index (χ1v) is 7.81. The van der Waals surface area contributed by atoms with Crippen molar-refractivity contribution >= 4 is 0 Å². The van der Waals surface area contributed by atoms with Crippen LogP contribution < -0.4 is 4.74 Å². The standard InChI is InChI=1S/C17H23N3O3/c1-12-9-20(17(2,3)11-22-12)10-15-18-16(19-23-15)13-6-5-7-14(8-13)21-4/h5-8,12H,9-11H2,1-4H3. The van der Waals surface area contributed by atoms with Crippen molar-refractivity contribution in [2.24, 2.45) is 0 Å². The second-order valence-corrected chi connectivity index (χ2v) is 6.56. The van der Waals surface area contributed by atoms with Gasteiger partial charge in [-0.05, 0) is 32.9 Å². The lowest BCUT2D eigenvalue weighted by atomic mass is 10.0. The van der Waals surface area contributed by atoms with Crippen LogP contribution in [0.1, 0.15) is 26.7 Å². The van der Waals surface area contributed by atoms with E-state index in [0.29, 0.717) is 24.9 Å². The second-order valence-electron chi connectivity index (χ2n) is 6.56. The predicted octanol–water partition coefficient (Wildman–Crippen LogP) is 2.74. The molecule has 6 nitrogen and oxygen atoms in total. The van der Waals surface area contributed by atoms with Gasteiger partial charge in [-0.15, -0.1) is 0 Å². The van der Waals surface area contributed by atoms with E-state index in [0.717, 1.165) is 17.9 Å². The summed E-state index contributed by atoms with van der Waals surface area (Å²) in [6.07, 6.45) is 0.212. The molecule has 0 N–H and O–H groups in total. The number of morpholine rings is 1. The molecule has 1 unspecified atom stereocenters. The lowest BCUT2D eigenvalue weighted by Crippen LogP contribution is -2.54. The largest absolute Gasteiger partial charge is 0.497 e. The lowest BCUT2D eigenvalue weighted by Gasteiger charge is -2.43. The molecule has 1 aromatic carbocycles. The Hall–Kier alpha value is -1.92. The van der Waals surface area contributed by atoms with E-state index in [-0.39, 0.29) is 11.6 Å². The summed E-state index contributed by atoms with van der Waals surface area (Å²) in [5.74, 6) is 1.97. The quantitative estimate of drug-likeness (QED) is 0.864. The summed E-state index contributed by atoms with van der Waals surface area (Å²) in [5.41, 5.74) is 0.839. The Morgan fingerprint density at radius 1 is 1.39 bits per heavy atom. The molecule has 2 heterocycles. The summed E-state index contributed by atoms with van der Waals surface area (Å²) in [7, 11) is 1.64. The van der Waals surface area contributed by atoms with Crippen molar-refractivity contribution in [1.29, 1.82) is 0 Å². The number of aromatic nitrogens is 2. The minimum absolute atomic E-state index is 0.0445. The smallest absolute Gasteiger partial charge is 0.241 e. The molecule has 0 saturated carbocycles. The third-order valence-electron chi connectivity index (χ3n) is 4.18. The van der Waals surface area contributed by atoms with Crippen LogP contribution in [0.3, 0.4) is 0 Å². The summed E-state index contributed by atoms with van der Waals surface area (Å²) >= 11 is 0. The zero-order chi connectivity index (χ0) is 16.4. The van der Waals surface area contributed by atoms with E-state index in [4.69, 9.17) is 14.0 Å². The fourth-order valence-corrected chi connectivity index (χ4v) is 2.69. The van der Waals surface area contributed by atoms with Gasteiger partial charge in [0.2, 0.25) is 11.7 Å². The van der Waals surface area contributed by atoms with E-state index in [1.54, 1.807) is 7.11 Å². The first kappa shape index (κ1) is 16.0. The van der Waals surface area contributed by atoms with Crippen LogP contribution in [0.15, 0.2) is 28.8 Å². The molecule has 1 saturated heterocycles. The zero-order valence-corrected chi connectivity index (χ0v) is 14.1. The highest BCUT2D eigenvalue weighted by Gasteiger charge is 2.34. The van der Waals surface area contributed by atoms with Crippen molar-refractivity contribution in [1.82, 2.24) is 15.0 Å². The molecule has 1 atom stereocenters. The zero-order valence-electron chi connectivity index (χ0n) is 14.1. The van der Waals surface area contributed by atoms with E-state index in [2.05, 4.69) is 35.8 Å². The Morgan fingerprint density at radius 3 is 3.00 bits per heavy atom. The van der Waals surface area contributed by atoms with Gasteiger partial charge in [-0.25, -0.2) is 0 Å². The monoisotopic (exact) mass is 317 g/mol. The van der Waals surface area contributed by atoms with Crippen molar-refractivity contribution in [3.05, 3.63) is 30.2 Å². The average molecular weight is 317 g/mol. The number of ether oxygens (including phenoxy) is 2. The highest BCUT2D eigenvalue weighted by molar-refractivity contribution is 5.56. The van der Waals surface area contributed by atoms with Crippen molar-refractivity contribution < 1.29 is 14.0 Å². The van der Waals surface area contributed by atoms with E-state index in [1.807, 2.05) is 24.3 Å². The first-order valence-electron chi connectivity index (χ1n) is 7.81. The molecule has 0 amide bonds. The number of methoxy groups -OCH3 is 1. The summed E-state index contributed by atoms with van der Waals surface area (Å²) in [6, 6.07) is 7.65. The number of benzene rings is 1. The maximum absolute atomic E-state index is 5.74. The number of nitrogens with zero attached hydrogens (tertiary/aromatic N) is 3. The van der Waals surface area contributed by atoms with Crippen molar-refractivity contribution in [2.45, 2.75) is 39.0 Å². The maximum Gasteiger partial charge on any atom is 0.241 e. The predicted molar refractivity (Wildman–Crippen MR) is 86.2 cm³/mol. The molecule has 3 rings (SSSR count). The van der Waals surface area contributed by atoms with Crippen molar-refractivity contribution in [3.8, 4) is 17.1 Å². The van der Waals surface area contributed by atoms with Crippen LogP contribution in [0.5, 0.6) is 5.75 Å². The van der Waals surface area contributed by atoms with Crippen LogP contribution in [0.2, 0.25) is 0 Å². The van der Waals surface area contributed by atoms with Crippen molar-refractivity contribution in [3.63, 3.8) is 0 Å². The van der Waals surface area contributed by atoms with Gasteiger partial charge in [0.05, 0.1) is 26.4 Å². The average Bonchev–Trinajstić information content (AvgIpc) is 3.00. The molecule has 23 heavy (non-hydrogen) atoms. The van der Waals surface area contributed by atoms with E-state index in [1.165, 1.54) is 0 Å². The van der Waals surface area contributed by atoms with Crippen LogP contribution >= 0.6 is 0 Å². The SMILES string of the molecule is COc1cccc(-c2noc(CN3CC(C)OCC3(C)C)n2)c1. The second kappa shape index (κ2) is 6.29. The molecule has 1 fully saturated rings. The normalized spacial score (nSPS) is 21.3. The summed E-state index contributed by atoms with van der Waals surface area (Å²) in [4.78, 5) is 6.85. The molecule has 0 spiro atoms. The van der Waals surface area contributed by atoms with Crippen LogP contribution in [0.25, 0.3) is 11.4 Å². The highest BCUT2D eigenvalue weighted by Crippen LogP contribution is 2.25. The fraction of sp³-hybridized carbons (Fsp3) is 0.529. The molecule has 6 heteroatoms. The minimum atomic E-state index is -0.0445. The molecule has 124 valence electrons. The molecular formula is C17H23N3O3. The Bertz CT molecular complexity index is 669. The number of hydrogen-bond acceptors (Lipinski definition) is 6. The molecule has 0 bridgehead atoms. The van der Waals surface area contributed by atoms with Gasteiger partial charge in [-0.2, -0.15) is 4.98 Å². The van der Waals surface area contributed by atoms with Gasteiger partial charge in [0, 0.05) is 17.6 Å². The van der Waals surface area contributed by atoms with Crippen molar-refractivity contribution in [2.75, 3.05) is 20.3 Å². The Kier molecular flexibility index (Phi) is 4.37. The summed E-state index contributed by atoms with van der Waals surface area (Å²) in [5, 5.41) is 4.09. The topological polar surface area (TPSA) is 60.6 Å². The van der Waals surface area contributed by atoms with Crippen LogP contribution in [-0.2, 0) is 11.3 Å². The van der Waals surface area contributed by atoms with Gasteiger partial charge in [0.1, 0.15) is 5.75 Å². The molecule has 2 aromatic rings. The molecular weight excluding hydrogens is 294 g/mol. The third-order valence-corrected chi connectivity index (χ3v) is 4.18.